The van der Waals surface area contributed by atoms with Crippen LogP contribution in [0.2, 0.25) is 0 Å². The number of Topliss-reactive ketones (excluding diaryl/α,β-unsaturated/α-hetero) is 1. The van der Waals surface area contributed by atoms with Gasteiger partial charge in [-0.1, -0.05) is 35.1 Å². The maximum atomic E-state index is 13.1. The summed E-state index contributed by atoms with van der Waals surface area (Å²) in [6.45, 7) is 10.1. The van der Waals surface area contributed by atoms with Gasteiger partial charge in [-0.05, 0) is 51.2 Å². The van der Waals surface area contributed by atoms with E-state index in [1.165, 1.54) is 27.8 Å². The molecule has 4 rings (SSSR count). The number of rotatable bonds is 6. The van der Waals surface area contributed by atoms with Gasteiger partial charge in [0.2, 0.25) is 0 Å². The molecule has 0 unspecified atom stereocenters. The first-order valence-electron chi connectivity index (χ1n) is 9.80. The van der Waals surface area contributed by atoms with E-state index in [4.69, 9.17) is 12.2 Å². The monoisotopic (exact) mass is 450 g/mol. The van der Waals surface area contributed by atoms with Crippen LogP contribution in [-0.4, -0.2) is 24.5 Å². The highest BCUT2D eigenvalue weighted by Gasteiger charge is 2.19. The Morgan fingerprint density at radius 3 is 2.61 bits per heavy atom. The molecule has 0 aliphatic rings. The molecule has 0 spiro atoms. The van der Waals surface area contributed by atoms with Crippen molar-refractivity contribution >= 4 is 39.7 Å². The molecule has 8 heteroatoms. The molecule has 0 atom stereocenters. The van der Waals surface area contributed by atoms with Crippen molar-refractivity contribution in [1.82, 2.24) is 18.7 Å². The van der Waals surface area contributed by atoms with Gasteiger partial charge in [-0.15, -0.1) is 6.58 Å². The fourth-order valence-electron chi connectivity index (χ4n) is 3.75. The first kappa shape index (κ1) is 21.1. The summed E-state index contributed by atoms with van der Waals surface area (Å²) in [5.41, 5.74) is 4.86. The van der Waals surface area contributed by atoms with E-state index in [1.807, 2.05) is 51.1 Å². The normalized spacial score (nSPS) is 11.2. The first-order valence-corrected chi connectivity index (χ1v) is 11.0. The Morgan fingerprint density at radius 1 is 1.23 bits per heavy atom. The highest BCUT2D eigenvalue weighted by atomic mass is 32.1. The summed E-state index contributed by atoms with van der Waals surface area (Å²) in [6, 6.07) is 10.0. The molecule has 0 amide bonds. The van der Waals surface area contributed by atoms with E-state index in [0.717, 1.165) is 17.1 Å². The van der Waals surface area contributed by atoms with Crippen molar-refractivity contribution in [3.8, 4) is 5.69 Å². The van der Waals surface area contributed by atoms with Crippen LogP contribution in [0.15, 0.2) is 54.1 Å². The third kappa shape index (κ3) is 3.73. The van der Waals surface area contributed by atoms with Gasteiger partial charge in [0.25, 0.3) is 5.56 Å². The summed E-state index contributed by atoms with van der Waals surface area (Å²) in [6.07, 6.45) is 3.13. The molecular formula is C23H22N4O2S2. The van der Waals surface area contributed by atoms with Gasteiger partial charge in [0.15, 0.2) is 15.4 Å². The van der Waals surface area contributed by atoms with Crippen molar-refractivity contribution in [2.45, 2.75) is 33.9 Å². The van der Waals surface area contributed by atoms with E-state index in [2.05, 4.69) is 16.1 Å². The number of thiazole rings is 1. The highest BCUT2D eigenvalue weighted by molar-refractivity contribution is 7.73. The number of benzene rings is 1. The summed E-state index contributed by atoms with van der Waals surface area (Å²) in [5.74, 6) is -0.135. The first-order chi connectivity index (χ1) is 14.8. The summed E-state index contributed by atoms with van der Waals surface area (Å²) < 4.78 is 6.19. The Labute approximate surface area is 188 Å². The zero-order valence-electron chi connectivity index (χ0n) is 17.6. The fourth-order valence-corrected chi connectivity index (χ4v) is 5.07. The van der Waals surface area contributed by atoms with Crippen molar-refractivity contribution in [2.24, 2.45) is 0 Å². The Morgan fingerprint density at radius 2 is 1.94 bits per heavy atom. The van der Waals surface area contributed by atoms with Gasteiger partial charge in [0.1, 0.15) is 11.0 Å². The van der Waals surface area contributed by atoms with Crippen molar-refractivity contribution in [3.63, 3.8) is 0 Å². The predicted molar refractivity (Wildman–Crippen MR) is 127 cm³/mol. The number of aryl methyl sites for hydroxylation is 2. The topological polar surface area (TPSA) is 61.8 Å². The second-order valence-electron chi connectivity index (χ2n) is 7.48. The van der Waals surface area contributed by atoms with E-state index in [-0.39, 0.29) is 17.9 Å². The molecule has 0 fully saturated rings. The smallest absolute Gasteiger partial charge is 0.273 e. The minimum atomic E-state index is -0.260. The van der Waals surface area contributed by atoms with Crippen molar-refractivity contribution in [3.05, 3.63) is 86.1 Å². The minimum Gasteiger partial charge on any atom is -0.318 e. The van der Waals surface area contributed by atoms with Gasteiger partial charge in [-0.3, -0.25) is 14.2 Å². The van der Waals surface area contributed by atoms with Crippen LogP contribution in [0.5, 0.6) is 0 Å². The number of hydrogen-bond donors (Lipinski definition) is 0. The average Bonchev–Trinajstić information content (AvgIpc) is 3.22. The molecule has 0 aliphatic heterocycles. The van der Waals surface area contributed by atoms with E-state index in [1.54, 1.807) is 10.6 Å². The lowest BCUT2D eigenvalue weighted by molar-refractivity contribution is 0.0970. The summed E-state index contributed by atoms with van der Waals surface area (Å²) >= 11 is 6.56. The lowest BCUT2D eigenvalue weighted by atomic mass is 10.1. The van der Waals surface area contributed by atoms with Crippen LogP contribution in [0, 0.1) is 24.7 Å². The molecule has 3 heterocycles. The van der Waals surface area contributed by atoms with Gasteiger partial charge in [-0.25, -0.2) is 4.98 Å². The van der Waals surface area contributed by atoms with Crippen molar-refractivity contribution < 1.29 is 4.79 Å². The summed E-state index contributed by atoms with van der Waals surface area (Å²) in [7, 11) is 0. The molecule has 4 aromatic rings. The number of carbonyl (C=O) groups is 1. The Kier molecular flexibility index (Phi) is 5.60. The number of hydrogen-bond acceptors (Lipinski definition) is 5. The fraction of sp³-hybridized carbons (Fsp3) is 0.217. The van der Waals surface area contributed by atoms with Gasteiger partial charge < -0.3 is 9.13 Å². The van der Waals surface area contributed by atoms with Gasteiger partial charge in [0, 0.05) is 29.2 Å². The summed E-state index contributed by atoms with van der Waals surface area (Å²) in [5, 5.41) is 0. The van der Waals surface area contributed by atoms with Crippen molar-refractivity contribution in [1.29, 1.82) is 0 Å². The van der Waals surface area contributed by atoms with Crippen LogP contribution in [0.3, 0.4) is 0 Å². The Hall–Kier alpha value is -3.10. The van der Waals surface area contributed by atoms with Gasteiger partial charge >= 0.3 is 0 Å². The quantitative estimate of drug-likeness (QED) is 0.241. The van der Waals surface area contributed by atoms with E-state index >= 15 is 0 Å². The zero-order valence-corrected chi connectivity index (χ0v) is 19.2. The lowest BCUT2D eigenvalue weighted by Gasteiger charge is -2.10. The SMILES string of the molecule is C=CCn1c(=S)sc2c(=O)n(CC(=O)c3cc(C)n(-c4ccc(C)cc4)c3C)cnc21. The lowest BCUT2D eigenvalue weighted by Crippen LogP contribution is -2.24. The average molecular weight is 451 g/mol. The maximum Gasteiger partial charge on any atom is 0.273 e. The number of carbonyl (C=O) groups excluding carboxylic acids is 1. The van der Waals surface area contributed by atoms with Gasteiger partial charge in [0.05, 0.1) is 6.54 Å². The van der Waals surface area contributed by atoms with Crippen LogP contribution in [-0.2, 0) is 13.1 Å². The van der Waals surface area contributed by atoms with E-state index < -0.39 is 0 Å². The molecule has 31 heavy (non-hydrogen) atoms. The van der Waals surface area contributed by atoms with Crippen molar-refractivity contribution in [2.75, 3.05) is 0 Å². The Balaban J connectivity index is 1.70. The van der Waals surface area contributed by atoms with Crippen LogP contribution in [0.25, 0.3) is 16.0 Å². The minimum absolute atomic E-state index is 0.0773. The molecule has 1 aromatic carbocycles. The number of aromatic nitrogens is 4. The molecule has 3 aromatic heterocycles. The molecule has 0 radical (unpaired) electrons. The van der Waals surface area contributed by atoms with Crippen LogP contribution >= 0.6 is 23.6 Å². The largest absolute Gasteiger partial charge is 0.318 e. The number of ketones is 1. The molecule has 0 saturated carbocycles. The number of allylic oxidation sites excluding steroid dienone is 1. The maximum absolute atomic E-state index is 13.1. The summed E-state index contributed by atoms with van der Waals surface area (Å²) in [4.78, 5) is 30.5. The third-order valence-electron chi connectivity index (χ3n) is 5.29. The Bertz CT molecular complexity index is 1440. The molecule has 6 nitrogen and oxygen atoms in total. The van der Waals surface area contributed by atoms with E-state index in [0.29, 0.717) is 26.4 Å². The molecule has 158 valence electrons. The molecule has 0 aliphatic carbocycles. The molecule has 0 bridgehead atoms. The predicted octanol–water partition coefficient (Wildman–Crippen LogP) is 4.77. The van der Waals surface area contributed by atoms with E-state index in [9.17, 15) is 9.59 Å². The second kappa shape index (κ2) is 8.20. The number of fused-ring (bicyclic) bond motifs is 1. The van der Waals surface area contributed by atoms with Crippen LogP contribution in [0.1, 0.15) is 27.3 Å². The molecular weight excluding hydrogens is 428 g/mol. The van der Waals surface area contributed by atoms with Gasteiger partial charge in [-0.2, -0.15) is 0 Å². The van der Waals surface area contributed by atoms with Crippen LogP contribution < -0.4 is 5.56 Å². The zero-order chi connectivity index (χ0) is 22.3. The standard InChI is InChI=1S/C23H22N4O2S2/c1-5-10-26-21-20(31-23(26)30)22(29)25(13-24-21)12-19(28)18-11-15(3)27(16(18)4)17-8-6-14(2)7-9-17/h5-9,11,13H,1,10,12H2,2-4H3. The molecule has 0 saturated heterocycles. The van der Waals surface area contributed by atoms with Crippen LogP contribution in [0.4, 0.5) is 0 Å². The third-order valence-corrected chi connectivity index (χ3v) is 6.72. The highest BCUT2D eigenvalue weighted by Crippen LogP contribution is 2.22. The molecule has 0 N–H and O–H groups in total. The second-order valence-corrected chi connectivity index (χ2v) is 9.12. The number of nitrogens with zero attached hydrogens (tertiary/aromatic N) is 4.